The van der Waals surface area contributed by atoms with Crippen molar-refractivity contribution in [1.29, 1.82) is 0 Å². The lowest BCUT2D eigenvalue weighted by Crippen LogP contribution is -2.56. The molecule has 1 N–H and O–H groups in total. The summed E-state index contributed by atoms with van der Waals surface area (Å²) in [4.78, 5) is 31.5. The lowest BCUT2D eigenvalue weighted by atomic mass is 10.0. The molecule has 0 spiro atoms. The second kappa shape index (κ2) is 11.8. The summed E-state index contributed by atoms with van der Waals surface area (Å²) in [6, 6.07) is 7.92. The van der Waals surface area contributed by atoms with E-state index in [9.17, 15) is 9.90 Å². The standard InChI is InChI=1S/C31H33FN6O4/c1-3-28(40)38-12-11-37(18-21(38)17-33-2)30-24-9-10-36(27-16-22(39)15-20-5-4-6-25(32)29(20)27)19-26(24)34-31(35-30)42-14-13-41-23-7-8-23/h3-6,15-16,21,23,39H,1,7-14,17-19H2/t21-/m0/s1. The Morgan fingerprint density at radius 2 is 2.05 bits per heavy atom. The zero-order valence-corrected chi connectivity index (χ0v) is 23.3. The smallest absolute Gasteiger partial charge is 0.318 e. The zero-order valence-electron chi connectivity index (χ0n) is 23.3. The van der Waals surface area contributed by atoms with E-state index in [1.807, 2.05) is 4.90 Å². The fourth-order valence-corrected chi connectivity index (χ4v) is 5.81. The highest BCUT2D eigenvalue weighted by Gasteiger charge is 2.35. The SMILES string of the molecule is [C-]#[N+]C[C@H]1CN(c2nc(OCCOC3CC3)nc3c2CCN(c2cc(O)cc4cccc(F)c24)C3)CCN1C(=O)C=C. The van der Waals surface area contributed by atoms with Gasteiger partial charge < -0.3 is 34.1 Å². The molecular weight excluding hydrogens is 539 g/mol. The third-order valence-corrected chi connectivity index (χ3v) is 7.99. The maximum atomic E-state index is 15.0. The first-order valence-electron chi connectivity index (χ1n) is 14.3. The highest BCUT2D eigenvalue weighted by atomic mass is 19.1. The van der Waals surface area contributed by atoms with Crippen molar-refractivity contribution in [1.82, 2.24) is 14.9 Å². The fourth-order valence-electron chi connectivity index (χ4n) is 5.81. The van der Waals surface area contributed by atoms with Gasteiger partial charge in [-0.05, 0) is 42.9 Å². The van der Waals surface area contributed by atoms with Crippen LogP contribution in [0.2, 0.25) is 0 Å². The largest absolute Gasteiger partial charge is 0.508 e. The molecule has 1 atom stereocenters. The van der Waals surface area contributed by atoms with E-state index >= 15 is 4.39 Å². The molecule has 1 saturated carbocycles. The van der Waals surface area contributed by atoms with Crippen molar-refractivity contribution in [3.05, 3.63) is 71.5 Å². The van der Waals surface area contributed by atoms with E-state index in [4.69, 9.17) is 26.0 Å². The summed E-state index contributed by atoms with van der Waals surface area (Å²) in [5.74, 6) is 0.253. The molecule has 2 aromatic carbocycles. The van der Waals surface area contributed by atoms with Gasteiger partial charge in [-0.15, -0.1) is 0 Å². The van der Waals surface area contributed by atoms with Crippen molar-refractivity contribution in [2.75, 3.05) is 55.7 Å². The predicted octanol–water partition coefficient (Wildman–Crippen LogP) is 3.72. The van der Waals surface area contributed by atoms with E-state index in [0.717, 1.165) is 29.9 Å². The van der Waals surface area contributed by atoms with Crippen LogP contribution in [0.15, 0.2) is 43.0 Å². The topological polar surface area (TPSA) is 95.6 Å². The number of phenolic OH excluding ortho intramolecular Hbond substituents is 1. The van der Waals surface area contributed by atoms with E-state index in [1.54, 1.807) is 29.2 Å². The molecule has 218 valence electrons. The van der Waals surface area contributed by atoms with Gasteiger partial charge >= 0.3 is 6.01 Å². The Hall–Kier alpha value is -4.43. The number of anilines is 2. The number of halogens is 1. The number of carbonyl (C=O) groups is 1. The average Bonchev–Trinajstić information content (AvgIpc) is 3.82. The van der Waals surface area contributed by atoms with Gasteiger partial charge in [-0.3, -0.25) is 4.79 Å². The van der Waals surface area contributed by atoms with E-state index in [2.05, 4.69) is 16.3 Å². The van der Waals surface area contributed by atoms with Crippen LogP contribution in [0.1, 0.15) is 24.1 Å². The number of piperazine rings is 1. The van der Waals surface area contributed by atoms with Gasteiger partial charge in [0.05, 0.1) is 30.6 Å². The Bertz CT molecular complexity index is 1550. The Labute approximate surface area is 243 Å². The molecule has 6 rings (SSSR count). The predicted molar refractivity (Wildman–Crippen MR) is 156 cm³/mol. The van der Waals surface area contributed by atoms with Gasteiger partial charge in [0.2, 0.25) is 12.5 Å². The van der Waals surface area contributed by atoms with E-state index in [1.165, 1.54) is 12.1 Å². The first-order valence-corrected chi connectivity index (χ1v) is 14.3. The van der Waals surface area contributed by atoms with Gasteiger partial charge in [-0.2, -0.15) is 9.97 Å². The molecule has 2 aliphatic heterocycles. The summed E-state index contributed by atoms with van der Waals surface area (Å²) in [5.41, 5.74) is 2.31. The minimum Gasteiger partial charge on any atom is -0.508 e. The molecule has 1 aromatic heterocycles. The van der Waals surface area contributed by atoms with Gasteiger partial charge in [-0.1, -0.05) is 18.7 Å². The first-order chi connectivity index (χ1) is 20.4. The highest BCUT2D eigenvalue weighted by Crippen LogP contribution is 2.37. The average molecular weight is 573 g/mol. The zero-order chi connectivity index (χ0) is 29.2. The van der Waals surface area contributed by atoms with Crippen molar-refractivity contribution in [2.45, 2.75) is 38.0 Å². The van der Waals surface area contributed by atoms with Crippen LogP contribution in [-0.4, -0.2) is 84.0 Å². The van der Waals surface area contributed by atoms with Crippen LogP contribution in [0.5, 0.6) is 11.8 Å². The van der Waals surface area contributed by atoms with Gasteiger partial charge in [-0.25, -0.2) is 11.0 Å². The van der Waals surface area contributed by atoms with E-state index in [0.29, 0.717) is 74.9 Å². The number of rotatable bonds is 9. The minimum atomic E-state index is -0.353. The van der Waals surface area contributed by atoms with Crippen LogP contribution >= 0.6 is 0 Å². The van der Waals surface area contributed by atoms with Crippen LogP contribution < -0.4 is 14.5 Å². The van der Waals surface area contributed by atoms with E-state index < -0.39 is 0 Å². The molecular formula is C31H33FN6O4. The number of aromatic nitrogens is 2. The fraction of sp³-hybridized carbons (Fsp3) is 0.419. The molecule has 1 saturated heterocycles. The van der Waals surface area contributed by atoms with Gasteiger partial charge in [0.25, 0.3) is 0 Å². The lowest BCUT2D eigenvalue weighted by molar-refractivity contribution is -0.128. The summed E-state index contributed by atoms with van der Waals surface area (Å²) in [5, 5.41) is 11.5. The molecule has 3 aliphatic rings. The summed E-state index contributed by atoms with van der Waals surface area (Å²) < 4.78 is 26.7. The summed E-state index contributed by atoms with van der Waals surface area (Å²) >= 11 is 0. The molecule has 0 bridgehead atoms. The number of fused-ring (bicyclic) bond motifs is 2. The normalized spacial score (nSPS) is 18.5. The number of nitrogens with zero attached hydrogens (tertiary/aromatic N) is 6. The van der Waals surface area contributed by atoms with Crippen molar-refractivity contribution in [2.24, 2.45) is 0 Å². The minimum absolute atomic E-state index is 0.0646. The molecule has 11 heteroatoms. The van der Waals surface area contributed by atoms with Crippen LogP contribution in [0.3, 0.4) is 0 Å². The molecule has 0 radical (unpaired) electrons. The molecule has 10 nitrogen and oxygen atoms in total. The Kier molecular flexibility index (Phi) is 7.80. The molecule has 0 unspecified atom stereocenters. The number of aromatic hydroxyl groups is 1. The van der Waals surface area contributed by atoms with Crippen molar-refractivity contribution in [3.63, 3.8) is 0 Å². The number of ether oxygens (including phenoxy) is 2. The number of phenols is 1. The summed E-state index contributed by atoms with van der Waals surface area (Å²) in [6.07, 6.45) is 4.34. The lowest BCUT2D eigenvalue weighted by Gasteiger charge is -2.41. The van der Waals surface area contributed by atoms with Crippen molar-refractivity contribution >= 4 is 28.2 Å². The number of hydrogen-bond acceptors (Lipinski definition) is 8. The third kappa shape index (κ3) is 5.67. The summed E-state index contributed by atoms with van der Waals surface area (Å²) in [7, 11) is 0. The second-order valence-corrected chi connectivity index (χ2v) is 10.8. The van der Waals surface area contributed by atoms with Gasteiger partial charge in [0, 0.05) is 43.2 Å². The van der Waals surface area contributed by atoms with Crippen molar-refractivity contribution in [3.8, 4) is 11.8 Å². The maximum Gasteiger partial charge on any atom is 0.318 e. The second-order valence-electron chi connectivity index (χ2n) is 10.8. The van der Waals surface area contributed by atoms with Crippen LogP contribution in [0.4, 0.5) is 15.9 Å². The van der Waals surface area contributed by atoms with Crippen molar-refractivity contribution < 1.29 is 23.8 Å². The molecule has 42 heavy (non-hydrogen) atoms. The first kappa shape index (κ1) is 27.7. The summed E-state index contributed by atoms with van der Waals surface area (Å²) in [6.45, 7) is 14.3. The van der Waals surface area contributed by atoms with Crippen LogP contribution in [0, 0.1) is 12.4 Å². The van der Waals surface area contributed by atoms with Crippen LogP contribution in [-0.2, 0) is 22.5 Å². The quantitative estimate of drug-likeness (QED) is 0.236. The number of benzene rings is 2. The molecule has 3 aromatic rings. The Balaban J connectivity index is 1.33. The monoisotopic (exact) mass is 572 g/mol. The van der Waals surface area contributed by atoms with Gasteiger partial charge in [0.15, 0.2) is 0 Å². The molecule has 1 aliphatic carbocycles. The number of hydrogen-bond donors (Lipinski definition) is 1. The molecule has 1 amide bonds. The van der Waals surface area contributed by atoms with Gasteiger partial charge in [0.1, 0.15) is 30.0 Å². The number of carbonyl (C=O) groups excluding carboxylic acids is 1. The Morgan fingerprint density at radius 1 is 1.19 bits per heavy atom. The van der Waals surface area contributed by atoms with Crippen LogP contribution in [0.25, 0.3) is 15.6 Å². The highest BCUT2D eigenvalue weighted by molar-refractivity contribution is 5.96. The van der Waals surface area contributed by atoms with E-state index in [-0.39, 0.29) is 36.1 Å². The number of amides is 1. The Morgan fingerprint density at radius 3 is 2.83 bits per heavy atom. The molecule has 3 heterocycles. The molecule has 2 fully saturated rings. The maximum absolute atomic E-state index is 15.0. The third-order valence-electron chi connectivity index (χ3n) is 7.99.